The number of halogens is 2. The van der Waals surface area contributed by atoms with Crippen LogP contribution >= 0.6 is 11.6 Å². The average molecular weight is 419 g/mol. The molecule has 0 aliphatic carbocycles. The third-order valence-electron chi connectivity index (χ3n) is 4.87. The molecule has 0 radical (unpaired) electrons. The number of benzene rings is 2. The molecule has 6 nitrogen and oxygen atoms in total. The summed E-state index contributed by atoms with van der Waals surface area (Å²) in [4.78, 5) is 4.06. The lowest BCUT2D eigenvalue weighted by atomic mass is 10.1. The van der Waals surface area contributed by atoms with Gasteiger partial charge in [-0.25, -0.2) is 14.1 Å². The SMILES string of the molecule is Fc1cccc(-c2nn(CCn3ccnc3)c3nnc(-c4ccccc4)c(Cl)c23)c1. The standard InChI is InChI=1S/C22H16ClFN6/c23-19-18-20(16-7-4-8-17(24)13-16)28-30(12-11-29-10-9-25-14-29)22(18)27-26-21(19)15-5-2-1-3-6-15/h1-10,13-14H,11-12H2. The van der Waals surface area contributed by atoms with Gasteiger partial charge in [0.2, 0.25) is 0 Å². The number of hydrogen-bond acceptors (Lipinski definition) is 4. The van der Waals surface area contributed by atoms with E-state index in [1.165, 1.54) is 12.1 Å². The number of fused-ring (bicyclic) bond motifs is 1. The van der Waals surface area contributed by atoms with Crippen molar-refractivity contribution in [1.29, 1.82) is 0 Å². The summed E-state index contributed by atoms with van der Waals surface area (Å²) >= 11 is 6.82. The number of hydrogen-bond donors (Lipinski definition) is 0. The molecule has 0 atom stereocenters. The predicted octanol–water partition coefficient (Wildman–Crippen LogP) is 4.85. The molecule has 0 saturated carbocycles. The lowest BCUT2D eigenvalue weighted by Crippen LogP contribution is -2.08. The summed E-state index contributed by atoms with van der Waals surface area (Å²) in [5.41, 5.74) is 3.19. The van der Waals surface area contributed by atoms with E-state index in [2.05, 4.69) is 15.2 Å². The van der Waals surface area contributed by atoms with E-state index in [1.54, 1.807) is 23.3 Å². The third-order valence-corrected chi connectivity index (χ3v) is 5.24. The molecule has 0 aliphatic rings. The lowest BCUT2D eigenvalue weighted by Gasteiger charge is -2.06. The minimum absolute atomic E-state index is 0.338. The van der Waals surface area contributed by atoms with E-state index in [-0.39, 0.29) is 5.82 Å². The summed E-state index contributed by atoms with van der Waals surface area (Å²) < 4.78 is 17.6. The first-order valence-corrected chi connectivity index (χ1v) is 9.78. The van der Waals surface area contributed by atoms with Crippen molar-refractivity contribution in [3.63, 3.8) is 0 Å². The highest BCUT2D eigenvalue weighted by atomic mass is 35.5. The molecule has 0 fully saturated rings. The zero-order valence-electron chi connectivity index (χ0n) is 15.8. The van der Waals surface area contributed by atoms with Crippen LogP contribution in [0.25, 0.3) is 33.5 Å². The Morgan fingerprint density at radius 1 is 0.900 bits per heavy atom. The first kappa shape index (κ1) is 18.4. The number of imidazole rings is 1. The maximum atomic E-state index is 13.9. The van der Waals surface area contributed by atoms with E-state index in [0.717, 1.165) is 5.56 Å². The molecule has 30 heavy (non-hydrogen) atoms. The van der Waals surface area contributed by atoms with Crippen molar-refractivity contribution in [3.05, 3.63) is 84.2 Å². The predicted molar refractivity (Wildman–Crippen MR) is 113 cm³/mol. The Morgan fingerprint density at radius 2 is 1.73 bits per heavy atom. The van der Waals surface area contributed by atoms with E-state index in [9.17, 15) is 4.39 Å². The number of aryl methyl sites for hydroxylation is 2. The summed E-state index contributed by atoms with van der Waals surface area (Å²) in [6, 6.07) is 15.9. The molecule has 148 valence electrons. The summed E-state index contributed by atoms with van der Waals surface area (Å²) in [5.74, 6) is -0.338. The van der Waals surface area contributed by atoms with Crippen molar-refractivity contribution in [2.45, 2.75) is 13.1 Å². The Balaban J connectivity index is 1.69. The van der Waals surface area contributed by atoms with Crippen LogP contribution in [0, 0.1) is 5.82 Å². The number of rotatable bonds is 5. The first-order valence-electron chi connectivity index (χ1n) is 9.40. The van der Waals surface area contributed by atoms with E-state index in [1.807, 2.05) is 47.2 Å². The number of nitrogens with zero attached hydrogens (tertiary/aromatic N) is 6. The van der Waals surface area contributed by atoms with Gasteiger partial charge in [0.15, 0.2) is 5.65 Å². The molecule has 0 amide bonds. The molecule has 0 N–H and O–H groups in total. The molecule has 0 unspecified atom stereocenters. The smallest absolute Gasteiger partial charge is 0.182 e. The second-order valence-electron chi connectivity index (χ2n) is 6.81. The Kier molecular flexibility index (Phi) is 4.72. The van der Waals surface area contributed by atoms with Crippen molar-refractivity contribution in [2.24, 2.45) is 0 Å². The molecular weight excluding hydrogens is 403 g/mol. The van der Waals surface area contributed by atoms with E-state index in [4.69, 9.17) is 16.7 Å². The third kappa shape index (κ3) is 3.33. The Morgan fingerprint density at radius 3 is 2.50 bits per heavy atom. The van der Waals surface area contributed by atoms with Gasteiger partial charge in [-0.15, -0.1) is 10.2 Å². The van der Waals surface area contributed by atoms with Crippen molar-refractivity contribution in [1.82, 2.24) is 29.5 Å². The van der Waals surface area contributed by atoms with Crippen LogP contribution in [0.5, 0.6) is 0 Å². The van der Waals surface area contributed by atoms with Crippen LogP contribution in [0.4, 0.5) is 4.39 Å². The largest absolute Gasteiger partial charge is 0.336 e. The van der Waals surface area contributed by atoms with E-state index in [0.29, 0.717) is 46.1 Å². The van der Waals surface area contributed by atoms with Gasteiger partial charge >= 0.3 is 0 Å². The molecule has 0 saturated heterocycles. The summed E-state index contributed by atoms with van der Waals surface area (Å²) in [5, 5.41) is 14.6. The zero-order chi connectivity index (χ0) is 20.5. The van der Waals surface area contributed by atoms with Crippen molar-refractivity contribution in [2.75, 3.05) is 0 Å². The second-order valence-corrected chi connectivity index (χ2v) is 7.19. The maximum Gasteiger partial charge on any atom is 0.182 e. The highest BCUT2D eigenvalue weighted by Gasteiger charge is 2.21. The van der Waals surface area contributed by atoms with Crippen molar-refractivity contribution < 1.29 is 4.39 Å². The molecule has 0 bridgehead atoms. The van der Waals surface area contributed by atoms with Gasteiger partial charge in [-0.2, -0.15) is 5.10 Å². The maximum absolute atomic E-state index is 13.9. The fraction of sp³-hybridized carbons (Fsp3) is 0.0909. The van der Waals surface area contributed by atoms with Crippen LogP contribution in [-0.2, 0) is 13.1 Å². The highest BCUT2D eigenvalue weighted by Crippen LogP contribution is 2.37. The second kappa shape index (κ2) is 7.68. The van der Waals surface area contributed by atoms with Crippen LogP contribution in [0.2, 0.25) is 5.02 Å². The monoisotopic (exact) mass is 418 g/mol. The Bertz CT molecular complexity index is 1310. The fourth-order valence-corrected chi connectivity index (χ4v) is 3.74. The zero-order valence-corrected chi connectivity index (χ0v) is 16.5. The van der Waals surface area contributed by atoms with E-state index >= 15 is 0 Å². The first-order chi connectivity index (χ1) is 14.7. The van der Waals surface area contributed by atoms with Gasteiger partial charge in [0.05, 0.1) is 23.3 Å². The molecule has 2 aromatic carbocycles. The van der Waals surface area contributed by atoms with E-state index < -0.39 is 0 Å². The summed E-state index contributed by atoms with van der Waals surface area (Å²) in [6.07, 6.45) is 5.35. The summed E-state index contributed by atoms with van der Waals surface area (Å²) in [6.45, 7) is 1.19. The van der Waals surface area contributed by atoms with Crippen LogP contribution in [0.1, 0.15) is 0 Å². The molecule has 0 spiro atoms. The van der Waals surface area contributed by atoms with Crippen molar-refractivity contribution in [3.8, 4) is 22.5 Å². The van der Waals surface area contributed by atoms with Crippen LogP contribution in [0.3, 0.4) is 0 Å². The Labute approximate surface area is 176 Å². The fourth-order valence-electron chi connectivity index (χ4n) is 3.42. The number of aromatic nitrogens is 6. The van der Waals surface area contributed by atoms with Gasteiger partial charge in [0.25, 0.3) is 0 Å². The van der Waals surface area contributed by atoms with Gasteiger partial charge in [-0.3, -0.25) is 0 Å². The minimum Gasteiger partial charge on any atom is -0.336 e. The quantitative estimate of drug-likeness (QED) is 0.409. The lowest BCUT2D eigenvalue weighted by molar-refractivity contribution is 0.543. The molecule has 0 aliphatic heterocycles. The molecule has 3 aromatic heterocycles. The normalized spacial score (nSPS) is 11.3. The summed E-state index contributed by atoms with van der Waals surface area (Å²) in [7, 11) is 0. The molecule has 3 heterocycles. The van der Waals surface area contributed by atoms with Gasteiger partial charge in [-0.05, 0) is 12.1 Å². The van der Waals surface area contributed by atoms with Crippen molar-refractivity contribution >= 4 is 22.6 Å². The highest BCUT2D eigenvalue weighted by molar-refractivity contribution is 6.38. The van der Waals surface area contributed by atoms with Crippen LogP contribution < -0.4 is 0 Å². The molecule has 8 heteroatoms. The Hall–Kier alpha value is -3.58. The van der Waals surface area contributed by atoms with Gasteiger partial charge in [0, 0.05) is 30.1 Å². The van der Waals surface area contributed by atoms with Gasteiger partial charge in [0.1, 0.15) is 17.2 Å². The van der Waals surface area contributed by atoms with Crippen LogP contribution in [0.15, 0.2) is 73.3 Å². The molecule has 5 aromatic rings. The van der Waals surface area contributed by atoms with Gasteiger partial charge in [-0.1, -0.05) is 54.1 Å². The average Bonchev–Trinajstić information content (AvgIpc) is 3.41. The topological polar surface area (TPSA) is 61.4 Å². The van der Waals surface area contributed by atoms with Crippen LogP contribution in [-0.4, -0.2) is 29.5 Å². The molecular formula is C22H16ClFN6. The minimum atomic E-state index is -0.338. The van der Waals surface area contributed by atoms with Gasteiger partial charge < -0.3 is 4.57 Å². The molecule has 5 rings (SSSR count).